The Labute approximate surface area is 127 Å². The summed E-state index contributed by atoms with van der Waals surface area (Å²) in [6.45, 7) is 1.92. The number of rotatable bonds is 2. The van der Waals surface area contributed by atoms with Gasteiger partial charge in [0.05, 0.1) is 21.3 Å². The van der Waals surface area contributed by atoms with Crippen molar-refractivity contribution in [1.82, 2.24) is 0 Å². The molecule has 0 aromatic heterocycles. The molecule has 98 valence electrons. The van der Waals surface area contributed by atoms with E-state index in [1.807, 2.05) is 13.0 Å². The second kappa shape index (κ2) is 5.87. The van der Waals surface area contributed by atoms with Gasteiger partial charge >= 0.3 is 0 Å². The number of aryl methyl sites for hydroxylation is 1. The van der Waals surface area contributed by atoms with Gasteiger partial charge in [-0.1, -0.05) is 29.3 Å². The molecule has 2 aromatic rings. The summed E-state index contributed by atoms with van der Waals surface area (Å²) in [5, 5.41) is 3.60. The van der Waals surface area contributed by atoms with Crippen molar-refractivity contribution in [2.45, 2.75) is 11.8 Å². The van der Waals surface area contributed by atoms with Crippen LogP contribution in [0, 0.1) is 6.92 Å². The highest BCUT2D eigenvalue weighted by Crippen LogP contribution is 2.25. The normalized spacial score (nSPS) is 10.3. The molecule has 2 nitrogen and oxygen atoms in total. The van der Waals surface area contributed by atoms with Gasteiger partial charge in [0.25, 0.3) is 5.91 Å². The second-order valence-electron chi connectivity index (χ2n) is 4.10. The first-order valence-electron chi connectivity index (χ1n) is 5.53. The molecule has 2 aromatic carbocycles. The minimum atomic E-state index is -0.312. The highest BCUT2D eigenvalue weighted by atomic mass is 35.5. The van der Waals surface area contributed by atoms with Crippen molar-refractivity contribution in [2.75, 3.05) is 5.32 Å². The molecule has 0 saturated heterocycles. The number of hydrogen-bond acceptors (Lipinski definition) is 2. The number of carbonyl (C=O) groups excluding carboxylic acids is 1. The molecule has 0 aliphatic heterocycles. The van der Waals surface area contributed by atoms with Crippen molar-refractivity contribution in [2.24, 2.45) is 0 Å². The number of nitrogens with one attached hydrogen (secondary N) is 1. The zero-order chi connectivity index (χ0) is 14.0. The average molecular weight is 312 g/mol. The smallest absolute Gasteiger partial charge is 0.257 e. The van der Waals surface area contributed by atoms with E-state index in [1.54, 1.807) is 30.3 Å². The Morgan fingerprint density at radius 2 is 1.79 bits per heavy atom. The maximum Gasteiger partial charge on any atom is 0.257 e. The van der Waals surface area contributed by atoms with Gasteiger partial charge in [-0.2, -0.15) is 0 Å². The van der Waals surface area contributed by atoms with E-state index in [2.05, 4.69) is 17.9 Å². The lowest BCUT2D eigenvalue weighted by atomic mass is 10.2. The Morgan fingerprint density at radius 1 is 1.11 bits per heavy atom. The van der Waals surface area contributed by atoms with Crippen LogP contribution in [0.25, 0.3) is 0 Å². The fourth-order valence-corrected chi connectivity index (χ4v) is 2.18. The predicted molar refractivity (Wildman–Crippen MR) is 82.8 cm³/mol. The third-order valence-electron chi connectivity index (χ3n) is 2.56. The van der Waals surface area contributed by atoms with E-state index in [0.717, 1.165) is 5.56 Å². The van der Waals surface area contributed by atoms with Crippen molar-refractivity contribution < 1.29 is 4.79 Å². The molecule has 0 aliphatic rings. The van der Waals surface area contributed by atoms with Crippen LogP contribution >= 0.6 is 35.8 Å². The fourth-order valence-electron chi connectivity index (χ4n) is 1.61. The zero-order valence-corrected chi connectivity index (χ0v) is 12.5. The third-order valence-corrected chi connectivity index (χ3v) is 3.50. The SMILES string of the molecule is Cc1ccc(Cl)c(NC(=O)c2cc(S)ccc2Cl)c1. The van der Waals surface area contributed by atoms with Crippen LogP contribution in [-0.4, -0.2) is 5.91 Å². The molecule has 0 spiro atoms. The molecule has 0 unspecified atom stereocenters. The molecule has 5 heteroatoms. The summed E-state index contributed by atoms with van der Waals surface area (Å²) in [6.07, 6.45) is 0. The number of carbonyl (C=O) groups is 1. The van der Waals surface area contributed by atoms with E-state index in [1.165, 1.54) is 0 Å². The maximum atomic E-state index is 12.2. The van der Waals surface area contributed by atoms with E-state index >= 15 is 0 Å². The van der Waals surface area contributed by atoms with E-state index in [0.29, 0.717) is 26.2 Å². The number of benzene rings is 2. The van der Waals surface area contributed by atoms with Crippen LogP contribution in [0.4, 0.5) is 5.69 Å². The fraction of sp³-hybridized carbons (Fsp3) is 0.0714. The lowest BCUT2D eigenvalue weighted by Crippen LogP contribution is -2.13. The van der Waals surface area contributed by atoms with E-state index < -0.39 is 0 Å². The molecular weight excluding hydrogens is 301 g/mol. The predicted octanol–water partition coefficient (Wildman–Crippen LogP) is 4.84. The highest BCUT2D eigenvalue weighted by molar-refractivity contribution is 7.80. The van der Waals surface area contributed by atoms with Crippen LogP contribution in [0.3, 0.4) is 0 Å². The molecule has 0 fully saturated rings. The lowest BCUT2D eigenvalue weighted by Gasteiger charge is -2.09. The lowest BCUT2D eigenvalue weighted by molar-refractivity contribution is 0.102. The van der Waals surface area contributed by atoms with Gasteiger partial charge < -0.3 is 5.32 Å². The molecule has 0 radical (unpaired) electrons. The van der Waals surface area contributed by atoms with Crippen LogP contribution in [-0.2, 0) is 0 Å². The van der Waals surface area contributed by atoms with Crippen LogP contribution < -0.4 is 5.32 Å². The molecule has 0 bridgehead atoms. The minimum Gasteiger partial charge on any atom is -0.321 e. The molecule has 0 heterocycles. The monoisotopic (exact) mass is 311 g/mol. The molecule has 1 amide bonds. The summed E-state index contributed by atoms with van der Waals surface area (Å²) < 4.78 is 0. The van der Waals surface area contributed by atoms with Crippen LogP contribution in [0.2, 0.25) is 10.0 Å². The van der Waals surface area contributed by atoms with Gasteiger partial charge in [-0.15, -0.1) is 12.6 Å². The standard InChI is InChI=1S/C14H11Cl2NOS/c1-8-2-4-12(16)13(6-8)17-14(18)10-7-9(19)3-5-11(10)15/h2-7,19H,1H3,(H,17,18). The van der Waals surface area contributed by atoms with Gasteiger partial charge in [0.15, 0.2) is 0 Å². The number of thiol groups is 1. The van der Waals surface area contributed by atoms with Crippen molar-refractivity contribution in [3.05, 3.63) is 57.6 Å². The van der Waals surface area contributed by atoms with Gasteiger partial charge in [0.2, 0.25) is 0 Å². The average Bonchev–Trinajstić information content (AvgIpc) is 2.36. The van der Waals surface area contributed by atoms with E-state index in [-0.39, 0.29) is 5.91 Å². The largest absolute Gasteiger partial charge is 0.321 e. The quantitative estimate of drug-likeness (QED) is 0.763. The van der Waals surface area contributed by atoms with Gasteiger partial charge in [0, 0.05) is 4.90 Å². The summed E-state index contributed by atoms with van der Waals surface area (Å²) >= 11 is 16.2. The first-order valence-corrected chi connectivity index (χ1v) is 6.73. The van der Waals surface area contributed by atoms with Gasteiger partial charge in [-0.3, -0.25) is 4.79 Å². The Morgan fingerprint density at radius 3 is 2.53 bits per heavy atom. The van der Waals surface area contributed by atoms with Crippen molar-refractivity contribution >= 4 is 47.4 Å². The Bertz CT molecular complexity index is 643. The summed E-state index contributed by atoms with van der Waals surface area (Å²) in [7, 11) is 0. The van der Waals surface area contributed by atoms with E-state index in [9.17, 15) is 4.79 Å². The molecule has 2 rings (SSSR count). The molecule has 0 saturated carbocycles. The molecular formula is C14H11Cl2NOS. The summed E-state index contributed by atoms with van der Waals surface area (Å²) in [4.78, 5) is 12.8. The van der Waals surface area contributed by atoms with E-state index in [4.69, 9.17) is 23.2 Å². The van der Waals surface area contributed by atoms with Crippen molar-refractivity contribution in [3.63, 3.8) is 0 Å². The van der Waals surface area contributed by atoms with Crippen molar-refractivity contribution in [1.29, 1.82) is 0 Å². The van der Waals surface area contributed by atoms with Crippen LogP contribution in [0.15, 0.2) is 41.3 Å². The zero-order valence-electron chi connectivity index (χ0n) is 10.1. The van der Waals surface area contributed by atoms with Gasteiger partial charge in [0.1, 0.15) is 0 Å². The molecule has 1 N–H and O–H groups in total. The number of halogens is 2. The summed E-state index contributed by atoms with van der Waals surface area (Å²) in [5.74, 6) is -0.312. The minimum absolute atomic E-state index is 0.312. The topological polar surface area (TPSA) is 29.1 Å². The second-order valence-corrected chi connectivity index (χ2v) is 5.43. The Balaban J connectivity index is 2.30. The first kappa shape index (κ1) is 14.3. The number of amides is 1. The molecule has 0 aliphatic carbocycles. The third kappa shape index (κ3) is 3.44. The van der Waals surface area contributed by atoms with Gasteiger partial charge in [-0.25, -0.2) is 0 Å². The van der Waals surface area contributed by atoms with Crippen LogP contribution in [0.5, 0.6) is 0 Å². The maximum absolute atomic E-state index is 12.2. The first-order chi connectivity index (χ1) is 8.97. The van der Waals surface area contributed by atoms with Crippen LogP contribution in [0.1, 0.15) is 15.9 Å². The molecule has 0 atom stereocenters. The van der Waals surface area contributed by atoms with Crippen molar-refractivity contribution in [3.8, 4) is 0 Å². The number of hydrogen-bond donors (Lipinski definition) is 2. The Hall–Kier alpha value is -1.16. The number of anilines is 1. The highest BCUT2D eigenvalue weighted by Gasteiger charge is 2.12. The van der Waals surface area contributed by atoms with Gasteiger partial charge in [-0.05, 0) is 42.8 Å². The molecule has 19 heavy (non-hydrogen) atoms. The summed E-state index contributed by atoms with van der Waals surface area (Å²) in [6, 6.07) is 10.4. The summed E-state index contributed by atoms with van der Waals surface area (Å²) in [5.41, 5.74) is 1.94. The Kier molecular flexibility index (Phi) is 4.40.